The number of ether oxygens (including phenoxy) is 4. The maximum Gasteiger partial charge on any atom is 0.316 e. The van der Waals surface area contributed by atoms with E-state index in [2.05, 4.69) is 11.8 Å². The molecule has 0 N–H and O–H groups in total. The van der Waals surface area contributed by atoms with Gasteiger partial charge in [-0.3, -0.25) is 14.5 Å². The van der Waals surface area contributed by atoms with E-state index in [4.69, 9.17) is 18.9 Å². The van der Waals surface area contributed by atoms with Gasteiger partial charge in [-0.2, -0.15) is 0 Å². The molecule has 2 aliphatic heterocycles. The number of likely N-dealkylation sites (tertiary alicyclic amines) is 1. The summed E-state index contributed by atoms with van der Waals surface area (Å²) in [5, 5.41) is 0. The van der Waals surface area contributed by atoms with Crippen LogP contribution in [-0.2, 0) is 9.59 Å². The average molecular weight is 598 g/mol. The molecule has 0 spiro atoms. The predicted molar refractivity (Wildman–Crippen MR) is 172 cm³/mol. The lowest BCUT2D eigenvalue weighted by Gasteiger charge is -2.31. The van der Waals surface area contributed by atoms with Crippen LogP contribution in [0.5, 0.6) is 23.0 Å². The summed E-state index contributed by atoms with van der Waals surface area (Å²) in [6, 6.07) is 21.1. The first kappa shape index (κ1) is 31.3. The number of nitrogens with zero attached hydrogens (tertiary/aromatic N) is 1. The lowest BCUT2D eigenvalue weighted by atomic mass is 9.86. The smallest absolute Gasteiger partial charge is 0.316 e. The molecular formula is C37H43NO6. The number of hydrogen-bond donors (Lipinski definition) is 0. The molecule has 0 unspecified atom stereocenters. The van der Waals surface area contributed by atoms with Crippen molar-refractivity contribution < 1.29 is 28.5 Å². The Bertz CT molecular complexity index is 1490. The molecule has 3 aromatic carbocycles. The topological polar surface area (TPSA) is 74.3 Å². The zero-order valence-corrected chi connectivity index (χ0v) is 26.5. The average Bonchev–Trinajstić information content (AvgIpc) is 3.02. The Morgan fingerprint density at radius 2 is 1.52 bits per heavy atom. The Labute approximate surface area is 260 Å². The number of carbonyl (C=O) groups is 2. The van der Waals surface area contributed by atoms with Crippen LogP contribution >= 0.6 is 0 Å². The van der Waals surface area contributed by atoms with E-state index in [9.17, 15) is 9.59 Å². The second kappa shape index (κ2) is 13.7. The third-order valence-electron chi connectivity index (χ3n) is 8.08. The van der Waals surface area contributed by atoms with Crippen molar-refractivity contribution in [1.29, 1.82) is 0 Å². The summed E-state index contributed by atoms with van der Waals surface area (Å²) in [7, 11) is 0. The summed E-state index contributed by atoms with van der Waals surface area (Å²) in [4.78, 5) is 26.9. The Morgan fingerprint density at radius 1 is 0.864 bits per heavy atom. The van der Waals surface area contributed by atoms with Gasteiger partial charge in [0, 0.05) is 30.2 Å². The third kappa shape index (κ3) is 7.51. The summed E-state index contributed by atoms with van der Waals surface area (Å²) < 4.78 is 23.9. The van der Waals surface area contributed by atoms with E-state index < -0.39 is 11.5 Å². The first-order valence-corrected chi connectivity index (χ1v) is 15.6. The fraction of sp³-hybridized carbons (Fsp3) is 0.405. The summed E-state index contributed by atoms with van der Waals surface area (Å²) in [6.07, 6.45) is 3.73. The molecule has 7 heteroatoms. The van der Waals surface area contributed by atoms with Gasteiger partial charge in [0.15, 0.2) is 0 Å². The molecule has 232 valence electrons. The van der Waals surface area contributed by atoms with Gasteiger partial charge < -0.3 is 18.9 Å². The van der Waals surface area contributed by atoms with Gasteiger partial charge in [-0.15, -0.1) is 0 Å². The molecule has 1 saturated heterocycles. The van der Waals surface area contributed by atoms with Crippen LogP contribution in [0.15, 0.2) is 66.7 Å². The van der Waals surface area contributed by atoms with Crippen molar-refractivity contribution in [3.8, 4) is 23.0 Å². The highest BCUT2D eigenvalue weighted by molar-refractivity contribution is 5.95. The molecule has 0 saturated carbocycles. The minimum absolute atomic E-state index is 0.276. The van der Waals surface area contributed by atoms with Gasteiger partial charge in [0.25, 0.3) is 0 Å². The molecule has 2 heterocycles. The summed E-state index contributed by atoms with van der Waals surface area (Å²) in [5.74, 6) is 1.83. The molecule has 0 aromatic heterocycles. The minimum atomic E-state index is -0.627. The highest BCUT2D eigenvalue weighted by Crippen LogP contribution is 2.48. The van der Waals surface area contributed by atoms with Crippen LogP contribution in [0.1, 0.15) is 83.1 Å². The lowest BCUT2D eigenvalue weighted by Crippen LogP contribution is -2.33. The van der Waals surface area contributed by atoms with Gasteiger partial charge in [-0.1, -0.05) is 37.6 Å². The maximum absolute atomic E-state index is 12.6. The Morgan fingerprint density at radius 3 is 2.18 bits per heavy atom. The van der Waals surface area contributed by atoms with Gasteiger partial charge in [-0.25, -0.2) is 0 Å². The zero-order chi connectivity index (χ0) is 31.3. The van der Waals surface area contributed by atoms with Crippen LogP contribution < -0.4 is 18.9 Å². The first-order chi connectivity index (χ1) is 21.1. The highest BCUT2D eigenvalue weighted by atomic mass is 16.5. The molecule has 2 aliphatic rings. The number of carbonyl (C=O) groups excluding carboxylic acids is 2. The van der Waals surface area contributed by atoms with Crippen LogP contribution in [0.25, 0.3) is 11.1 Å². The molecule has 1 fully saturated rings. The predicted octanol–water partition coefficient (Wildman–Crippen LogP) is 7.88. The fourth-order valence-corrected chi connectivity index (χ4v) is 5.48. The standard InChI is InChI=1S/C37H43NO6/c1-6-33(39)42-29-16-10-26(11-17-29)34-25(2)31-19-18-30(43-36(40)37(3,4)5)24-32(31)44-35(34)27-12-14-28(15-13-27)41-23-22-38-20-8-7-9-21-38/h10-19,24,35H,6-9,20-23H2,1-5H3/t35-/m0/s1. The van der Waals surface area contributed by atoms with E-state index in [1.54, 1.807) is 19.1 Å². The van der Waals surface area contributed by atoms with E-state index in [1.165, 1.54) is 19.3 Å². The number of hydrogen-bond acceptors (Lipinski definition) is 7. The quantitative estimate of drug-likeness (QED) is 0.183. The second-order valence-electron chi connectivity index (χ2n) is 12.5. The zero-order valence-electron chi connectivity index (χ0n) is 26.5. The maximum atomic E-state index is 12.6. The normalized spacial score (nSPS) is 17.0. The van der Waals surface area contributed by atoms with Crippen LogP contribution in [0.4, 0.5) is 0 Å². The van der Waals surface area contributed by atoms with E-state index in [0.717, 1.165) is 53.2 Å². The van der Waals surface area contributed by atoms with Crippen LogP contribution in [0, 0.1) is 5.41 Å². The number of rotatable bonds is 9. The van der Waals surface area contributed by atoms with Gasteiger partial charge in [0.2, 0.25) is 0 Å². The van der Waals surface area contributed by atoms with E-state index in [0.29, 0.717) is 30.3 Å². The molecule has 0 aliphatic carbocycles. The van der Waals surface area contributed by atoms with Crippen molar-refractivity contribution in [2.45, 2.75) is 66.4 Å². The Kier molecular flexibility index (Phi) is 9.74. The van der Waals surface area contributed by atoms with Crippen molar-refractivity contribution in [1.82, 2.24) is 4.90 Å². The van der Waals surface area contributed by atoms with Crippen LogP contribution in [0.2, 0.25) is 0 Å². The van der Waals surface area contributed by atoms with Crippen LogP contribution in [0.3, 0.4) is 0 Å². The molecule has 44 heavy (non-hydrogen) atoms. The summed E-state index contributed by atoms with van der Waals surface area (Å²) in [6.45, 7) is 13.2. The number of allylic oxidation sites excluding steroid dienone is 1. The highest BCUT2D eigenvalue weighted by Gasteiger charge is 2.31. The fourth-order valence-electron chi connectivity index (χ4n) is 5.48. The second-order valence-corrected chi connectivity index (χ2v) is 12.5. The minimum Gasteiger partial charge on any atom is -0.492 e. The summed E-state index contributed by atoms with van der Waals surface area (Å²) >= 11 is 0. The van der Waals surface area contributed by atoms with Gasteiger partial charge >= 0.3 is 11.9 Å². The monoisotopic (exact) mass is 597 g/mol. The van der Waals surface area contributed by atoms with E-state index in [-0.39, 0.29) is 11.9 Å². The SMILES string of the molecule is CCC(=O)Oc1ccc(C2=C(C)c3ccc(OC(=O)C(C)(C)C)cc3O[C@H]2c2ccc(OCCN3CCCCC3)cc2)cc1. The first-order valence-electron chi connectivity index (χ1n) is 15.6. The van der Waals surface area contributed by atoms with Gasteiger partial charge in [-0.05, 0) is 107 Å². The molecule has 5 rings (SSSR count). The van der Waals surface area contributed by atoms with E-state index >= 15 is 0 Å². The number of fused-ring (bicyclic) bond motifs is 1. The lowest BCUT2D eigenvalue weighted by molar-refractivity contribution is -0.143. The van der Waals surface area contributed by atoms with Crippen molar-refractivity contribution in [2.75, 3.05) is 26.2 Å². The number of piperidine rings is 1. The number of esters is 2. The molecule has 1 atom stereocenters. The van der Waals surface area contributed by atoms with Crippen molar-refractivity contribution in [3.05, 3.63) is 83.4 Å². The van der Waals surface area contributed by atoms with E-state index in [1.807, 2.05) is 75.4 Å². The van der Waals surface area contributed by atoms with Gasteiger partial charge in [0.05, 0.1) is 5.41 Å². The van der Waals surface area contributed by atoms with Crippen molar-refractivity contribution >= 4 is 23.1 Å². The van der Waals surface area contributed by atoms with Gasteiger partial charge in [0.1, 0.15) is 35.7 Å². The molecule has 3 aromatic rings. The molecular weight excluding hydrogens is 554 g/mol. The Balaban J connectivity index is 1.43. The molecule has 0 amide bonds. The number of benzene rings is 3. The molecule has 7 nitrogen and oxygen atoms in total. The van der Waals surface area contributed by atoms with Crippen molar-refractivity contribution in [2.24, 2.45) is 5.41 Å². The van der Waals surface area contributed by atoms with Crippen LogP contribution in [-0.4, -0.2) is 43.1 Å². The summed E-state index contributed by atoms with van der Waals surface area (Å²) in [5.41, 5.74) is 4.27. The Hall–Kier alpha value is -4.10. The largest absolute Gasteiger partial charge is 0.492 e. The van der Waals surface area contributed by atoms with Crippen molar-refractivity contribution in [3.63, 3.8) is 0 Å². The molecule has 0 bridgehead atoms. The third-order valence-corrected chi connectivity index (χ3v) is 8.08. The molecule has 0 radical (unpaired) electrons.